The van der Waals surface area contributed by atoms with Gasteiger partial charge in [-0.15, -0.1) is 12.4 Å². The average molecular weight is 420 g/mol. The molecule has 3 heterocycles. The second kappa shape index (κ2) is 10.1. The lowest BCUT2D eigenvalue weighted by molar-refractivity contribution is -0.137. The first-order chi connectivity index (χ1) is 13.7. The number of hydrogen-bond donors (Lipinski definition) is 2. The van der Waals surface area contributed by atoms with Gasteiger partial charge in [-0.25, -0.2) is 9.89 Å². The van der Waals surface area contributed by atoms with Crippen molar-refractivity contribution in [1.82, 2.24) is 25.0 Å². The van der Waals surface area contributed by atoms with Crippen molar-refractivity contribution >= 4 is 18.3 Å². The molecule has 2 fully saturated rings. The molecule has 7 nitrogen and oxygen atoms in total. The van der Waals surface area contributed by atoms with E-state index < -0.39 is 0 Å². The first-order valence-electron chi connectivity index (χ1n) is 10.4. The highest BCUT2D eigenvalue weighted by molar-refractivity contribution is 5.85. The number of H-pyrrole nitrogens is 1. The lowest BCUT2D eigenvalue weighted by Gasteiger charge is -2.33. The minimum Gasteiger partial charge on any atom is -0.342 e. The number of piperidine rings is 1. The quantitative estimate of drug-likeness (QED) is 0.795. The van der Waals surface area contributed by atoms with Crippen LogP contribution in [0.1, 0.15) is 49.4 Å². The van der Waals surface area contributed by atoms with Crippen LogP contribution >= 0.6 is 12.4 Å². The Morgan fingerprint density at radius 3 is 2.59 bits per heavy atom. The number of amides is 1. The molecular formula is C21H30ClN5O2. The normalized spacial score (nSPS) is 20.7. The molecule has 0 spiro atoms. The second-order valence-electron chi connectivity index (χ2n) is 7.94. The molecule has 0 bridgehead atoms. The Kier molecular flexibility index (Phi) is 7.50. The van der Waals surface area contributed by atoms with Gasteiger partial charge in [-0.2, -0.15) is 5.10 Å². The van der Waals surface area contributed by atoms with Crippen LogP contribution in [0.2, 0.25) is 0 Å². The van der Waals surface area contributed by atoms with Gasteiger partial charge in [0.2, 0.25) is 5.91 Å². The minimum absolute atomic E-state index is 0. The zero-order chi connectivity index (χ0) is 19.3. The summed E-state index contributed by atoms with van der Waals surface area (Å²) in [6.07, 6.45) is 4.72. The molecule has 29 heavy (non-hydrogen) atoms. The van der Waals surface area contributed by atoms with Crippen LogP contribution < -0.4 is 11.0 Å². The summed E-state index contributed by atoms with van der Waals surface area (Å²) in [6, 6.07) is 9.97. The van der Waals surface area contributed by atoms with Crippen LogP contribution in [0.25, 0.3) is 0 Å². The van der Waals surface area contributed by atoms with E-state index in [0.717, 1.165) is 69.7 Å². The van der Waals surface area contributed by atoms with E-state index in [1.807, 2.05) is 35.2 Å². The third-order valence-corrected chi connectivity index (χ3v) is 6.07. The molecule has 0 aliphatic carbocycles. The van der Waals surface area contributed by atoms with Gasteiger partial charge in [-0.1, -0.05) is 30.3 Å². The van der Waals surface area contributed by atoms with Crippen LogP contribution in [-0.4, -0.2) is 51.8 Å². The van der Waals surface area contributed by atoms with Crippen molar-refractivity contribution in [2.45, 2.75) is 44.6 Å². The fourth-order valence-corrected chi connectivity index (χ4v) is 4.44. The van der Waals surface area contributed by atoms with Crippen molar-refractivity contribution in [3.05, 3.63) is 52.2 Å². The first-order valence-corrected chi connectivity index (χ1v) is 10.4. The molecular weight excluding hydrogens is 390 g/mol. The van der Waals surface area contributed by atoms with Crippen LogP contribution in [0, 0.1) is 5.92 Å². The Labute approximate surface area is 177 Å². The predicted molar refractivity (Wildman–Crippen MR) is 114 cm³/mol. The Balaban J connectivity index is 0.00000240. The molecule has 1 atom stereocenters. The van der Waals surface area contributed by atoms with Gasteiger partial charge in [0.15, 0.2) is 0 Å². The number of halogens is 1. The van der Waals surface area contributed by atoms with Crippen molar-refractivity contribution in [3.8, 4) is 0 Å². The van der Waals surface area contributed by atoms with E-state index >= 15 is 0 Å². The van der Waals surface area contributed by atoms with Gasteiger partial charge in [0, 0.05) is 24.9 Å². The molecule has 158 valence electrons. The summed E-state index contributed by atoms with van der Waals surface area (Å²) in [4.78, 5) is 27.2. The number of aromatic amines is 1. The fourth-order valence-electron chi connectivity index (χ4n) is 4.44. The second-order valence-corrected chi connectivity index (χ2v) is 7.94. The van der Waals surface area contributed by atoms with Crippen molar-refractivity contribution in [1.29, 1.82) is 0 Å². The number of nitrogens with zero attached hydrogens (tertiary/aromatic N) is 3. The maximum Gasteiger partial charge on any atom is 0.343 e. The molecule has 2 saturated heterocycles. The molecule has 1 aromatic carbocycles. The molecule has 0 radical (unpaired) electrons. The predicted octanol–water partition coefficient (Wildman–Crippen LogP) is 2.14. The zero-order valence-corrected chi connectivity index (χ0v) is 17.5. The van der Waals surface area contributed by atoms with Gasteiger partial charge in [0.05, 0.1) is 6.54 Å². The first kappa shape index (κ1) is 21.6. The van der Waals surface area contributed by atoms with E-state index in [4.69, 9.17) is 0 Å². The van der Waals surface area contributed by atoms with E-state index in [1.54, 1.807) is 4.57 Å². The number of carbonyl (C=O) groups is 1. The maximum absolute atomic E-state index is 12.9. The van der Waals surface area contributed by atoms with E-state index in [0.29, 0.717) is 12.5 Å². The van der Waals surface area contributed by atoms with Crippen LogP contribution in [0.4, 0.5) is 0 Å². The molecule has 1 aromatic heterocycles. The standard InChI is InChI=1S/C21H29N5O2.ClH/c27-20(18-7-4-11-22-12-8-18)25-13-9-17(10-14-25)19-23-24-21(28)26(19)15-16-5-2-1-3-6-16;/h1-3,5-6,17-18,22H,4,7-15H2,(H,24,28);1H. The number of benzene rings is 1. The summed E-state index contributed by atoms with van der Waals surface area (Å²) in [5.74, 6) is 1.50. The topological polar surface area (TPSA) is 83.0 Å². The third-order valence-electron chi connectivity index (χ3n) is 6.07. The number of nitrogens with one attached hydrogen (secondary N) is 2. The number of carbonyl (C=O) groups excluding carboxylic acids is 1. The Morgan fingerprint density at radius 1 is 1.07 bits per heavy atom. The van der Waals surface area contributed by atoms with Gasteiger partial charge in [0.25, 0.3) is 0 Å². The Morgan fingerprint density at radius 2 is 1.83 bits per heavy atom. The largest absolute Gasteiger partial charge is 0.343 e. The van der Waals surface area contributed by atoms with Crippen LogP contribution in [0.3, 0.4) is 0 Å². The highest BCUT2D eigenvalue weighted by Gasteiger charge is 2.31. The van der Waals surface area contributed by atoms with Gasteiger partial charge in [-0.3, -0.25) is 9.36 Å². The molecule has 2 aliphatic rings. The van der Waals surface area contributed by atoms with E-state index in [2.05, 4.69) is 15.5 Å². The molecule has 4 rings (SSSR count). The fraction of sp³-hybridized carbons (Fsp3) is 0.571. The summed E-state index contributed by atoms with van der Waals surface area (Å²) >= 11 is 0. The monoisotopic (exact) mass is 419 g/mol. The minimum atomic E-state index is -0.164. The van der Waals surface area contributed by atoms with Gasteiger partial charge < -0.3 is 10.2 Å². The van der Waals surface area contributed by atoms with Gasteiger partial charge in [-0.05, 0) is 50.8 Å². The average Bonchev–Trinajstić information content (AvgIpc) is 2.94. The molecule has 1 amide bonds. The zero-order valence-electron chi connectivity index (χ0n) is 16.7. The van der Waals surface area contributed by atoms with Crippen molar-refractivity contribution in [2.75, 3.05) is 26.2 Å². The molecule has 8 heteroatoms. The summed E-state index contributed by atoms with van der Waals surface area (Å²) < 4.78 is 1.74. The van der Waals surface area contributed by atoms with Gasteiger partial charge in [0.1, 0.15) is 5.82 Å². The van der Waals surface area contributed by atoms with Crippen molar-refractivity contribution in [2.24, 2.45) is 5.92 Å². The van der Waals surface area contributed by atoms with E-state index in [9.17, 15) is 9.59 Å². The van der Waals surface area contributed by atoms with Gasteiger partial charge >= 0.3 is 5.69 Å². The van der Waals surface area contributed by atoms with Crippen LogP contribution in [0.15, 0.2) is 35.1 Å². The molecule has 2 N–H and O–H groups in total. The Bertz CT molecular complexity index is 834. The molecule has 2 aliphatic heterocycles. The molecule has 1 unspecified atom stereocenters. The summed E-state index contributed by atoms with van der Waals surface area (Å²) in [6.45, 7) is 3.98. The van der Waals surface area contributed by atoms with Crippen molar-refractivity contribution in [3.63, 3.8) is 0 Å². The summed E-state index contributed by atoms with van der Waals surface area (Å²) in [5, 5.41) is 10.3. The Hall–Kier alpha value is -2.12. The highest BCUT2D eigenvalue weighted by atomic mass is 35.5. The van der Waals surface area contributed by atoms with Crippen LogP contribution in [-0.2, 0) is 11.3 Å². The lowest BCUT2D eigenvalue weighted by Crippen LogP contribution is -2.42. The van der Waals surface area contributed by atoms with Crippen LogP contribution in [0.5, 0.6) is 0 Å². The SMILES string of the molecule is Cl.O=C(C1CCCNCC1)N1CCC(c2n[nH]c(=O)n2Cc2ccccc2)CC1. The maximum atomic E-state index is 12.9. The highest BCUT2D eigenvalue weighted by Crippen LogP contribution is 2.28. The smallest absolute Gasteiger partial charge is 0.342 e. The van der Waals surface area contributed by atoms with Crippen molar-refractivity contribution < 1.29 is 4.79 Å². The summed E-state index contributed by atoms with van der Waals surface area (Å²) in [5.41, 5.74) is 0.921. The number of aromatic nitrogens is 3. The lowest BCUT2D eigenvalue weighted by atomic mass is 9.93. The number of hydrogen-bond acceptors (Lipinski definition) is 4. The van der Waals surface area contributed by atoms with E-state index in [1.165, 1.54) is 0 Å². The third kappa shape index (κ3) is 5.08. The molecule has 2 aromatic rings. The molecule has 0 saturated carbocycles. The van der Waals surface area contributed by atoms with E-state index in [-0.39, 0.29) is 29.9 Å². The number of likely N-dealkylation sites (tertiary alicyclic amines) is 1. The summed E-state index contributed by atoms with van der Waals surface area (Å²) in [7, 11) is 0. The number of rotatable bonds is 4.